The normalized spacial score (nSPS) is 11.8. The Morgan fingerprint density at radius 1 is 0.885 bits per heavy atom. The van der Waals surface area contributed by atoms with Gasteiger partial charge in [-0.1, -0.05) is 44.9 Å². The van der Waals surface area contributed by atoms with Crippen molar-refractivity contribution in [3.05, 3.63) is 76.4 Å². The lowest BCUT2D eigenvalue weighted by Crippen LogP contribution is -2.00. The maximum Gasteiger partial charge on any atom is 0.129 e. The molecule has 0 radical (unpaired) electrons. The average Bonchev–Trinajstić information content (AvgIpc) is 2.63. The highest BCUT2D eigenvalue weighted by atomic mass is 19.1. The first-order valence-electron chi connectivity index (χ1n) is 9.46. The van der Waals surface area contributed by atoms with Gasteiger partial charge in [0.15, 0.2) is 0 Å². The molecule has 140 valence electrons. The molecule has 26 heavy (non-hydrogen) atoms. The topological polar surface area (TPSA) is 0 Å². The highest BCUT2D eigenvalue weighted by Crippen LogP contribution is 2.21. The molecule has 0 aliphatic heterocycles. The summed E-state index contributed by atoms with van der Waals surface area (Å²) in [4.78, 5) is 0. The van der Waals surface area contributed by atoms with Gasteiger partial charge in [0.25, 0.3) is 0 Å². The van der Waals surface area contributed by atoms with Crippen LogP contribution in [0, 0.1) is 11.6 Å². The molecule has 0 saturated carbocycles. The van der Waals surface area contributed by atoms with Crippen LogP contribution in [0.4, 0.5) is 13.2 Å². The first-order valence-corrected chi connectivity index (χ1v) is 9.46. The molecule has 0 nitrogen and oxygen atoms in total. The molecule has 0 aliphatic rings. The number of benzene rings is 2. The zero-order valence-electron chi connectivity index (χ0n) is 15.6. The van der Waals surface area contributed by atoms with E-state index in [4.69, 9.17) is 0 Å². The summed E-state index contributed by atoms with van der Waals surface area (Å²) in [5.74, 6) is -1.15. The molecule has 0 aromatic heterocycles. The molecule has 0 fully saturated rings. The summed E-state index contributed by atoms with van der Waals surface area (Å²) in [5.41, 5.74) is 2.32. The molecule has 0 amide bonds. The molecule has 2 rings (SSSR count). The van der Waals surface area contributed by atoms with Crippen molar-refractivity contribution in [2.45, 2.75) is 58.8 Å². The van der Waals surface area contributed by atoms with Crippen LogP contribution in [-0.4, -0.2) is 0 Å². The lowest BCUT2D eigenvalue weighted by molar-refractivity contribution is 0.549. The van der Waals surface area contributed by atoms with Crippen molar-refractivity contribution in [3.63, 3.8) is 0 Å². The Kier molecular flexibility index (Phi) is 7.96. The molecular weight excluding hydrogens is 333 g/mol. The predicted molar refractivity (Wildman–Crippen MR) is 103 cm³/mol. The van der Waals surface area contributed by atoms with Crippen molar-refractivity contribution in [2.75, 3.05) is 0 Å². The van der Waals surface area contributed by atoms with Crippen molar-refractivity contribution in [3.8, 4) is 0 Å². The number of aryl methyl sites for hydroxylation is 2. The average molecular weight is 360 g/mol. The number of unbranched alkanes of at least 4 members (excludes halogenated alkanes) is 2. The summed E-state index contributed by atoms with van der Waals surface area (Å²) < 4.78 is 42.3. The quantitative estimate of drug-likeness (QED) is 0.415. The molecule has 0 heterocycles. The largest absolute Gasteiger partial charge is 0.207 e. The SMILES string of the molecule is CCCC/C=C(/F)c1cccc(CCc2cc(F)c(CCC)c(F)c2)c1. The van der Waals surface area contributed by atoms with Crippen molar-refractivity contribution >= 4 is 5.83 Å². The molecular formula is C23H27F3. The Morgan fingerprint density at radius 2 is 1.58 bits per heavy atom. The highest BCUT2D eigenvalue weighted by Gasteiger charge is 2.10. The minimum absolute atomic E-state index is 0.164. The smallest absolute Gasteiger partial charge is 0.129 e. The van der Waals surface area contributed by atoms with E-state index in [0.29, 0.717) is 36.8 Å². The molecule has 0 bridgehead atoms. The van der Waals surface area contributed by atoms with Crippen LogP contribution < -0.4 is 0 Å². The Balaban J connectivity index is 2.06. The molecule has 0 spiro atoms. The monoisotopic (exact) mass is 360 g/mol. The van der Waals surface area contributed by atoms with Gasteiger partial charge in [-0.3, -0.25) is 0 Å². The van der Waals surface area contributed by atoms with Gasteiger partial charge in [-0.05, 0) is 67.5 Å². The van der Waals surface area contributed by atoms with E-state index < -0.39 is 11.6 Å². The van der Waals surface area contributed by atoms with Crippen molar-refractivity contribution in [1.29, 1.82) is 0 Å². The summed E-state index contributed by atoms with van der Waals surface area (Å²) in [5, 5.41) is 0. The van der Waals surface area contributed by atoms with Crippen LogP contribution in [0.15, 0.2) is 42.5 Å². The molecule has 0 saturated heterocycles. The molecule has 2 aromatic rings. The standard InChI is InChI=1S/C23H27F3/c1-3-5-6-11-21(24)19-10-7-9-17(14-19)12-13-18-15-22(25)20(8-4-2)23(26)16-18/h7,9-11,14-16H,3-6,8,12-13H2,1-2H3/b21-11+. The zero-order valence-corrected chi connectivity index (χ0v) is 15.6. The van der Waals surface area contributed by atoms with E-state index in [2.05, 4.69) is 6.92 Å². The summed E-state index contributed by atoms with van der Waals surface area (Å²) in [6.45, 7) is 3.97. The van der Waals surface area contributed by atoms with Gasteiger partial charge >= 0.3 is 0 Å². The van der Waals surface area contributed by atoms with E-state index in [1.807, 2.05) is 25.1 Å². The van der Waals surface area contributed by atoms with Gasteiger partial charge in [-0.25, -0.2) is 13.2 Å². The predicted octanol–water partition coefficient (Wildman–Crippen LogP) is 7.20. The van der Waals surface area contributed by atoms with Gasteiger partial charge in [0, 0.05) is 11.1 Å². The number of hydrogen-bond donors (Lipinski definition) is 0. The Labute approximate surface area is 154 Å². The van der Waals surface area contributed by atoms with Gasteiger partial charge in [0.1, 0.15) is 17.5 Å². The van der Waals surface area contributed by atoms with Gasteiger partial charge in [-0.2, -0.15) is 0 Å². The number of hydrogen-bond acceptors (Lipinski definition) is 0. The van der Waals surface area contributed by atoms with E-state index in [0.717, 1.165) is 24.8 Å². The minimum Gasteiger partial charge on any atom is -0.207 e. The van der Waals surface area contributed by atoms with E-state index in [-0.39, 0.29) is 11.4 Å². The van der Waals surface area contributed by atoms with Crippen LogP contribution >= 0.6 is 0 Å². The minimum atomic E-state index is -0.472. The molecule has 0 aliphatic carbocycles. The van der Waals surface area contributed by atoms with E-state index in [1.165, 1.54) is 12.1 Å². The first-order chi connectivity index (χ1) is 12.5. The summed E-state index contributed by atoms with van der Waals surface area (Å²) in [6.07, 6.45) is 6.61. The van der Waals surface area contributed by atoms with E-state index >= 15 is 0 Å². The van der Waals surface area contributed by atoms with Crippen LogP contribution in [0.2, 0.25) is 0 Å². The molecule has 3 heteroatoms. The zero-order chi connectivity index (χ0) is 18.9. The fraction of sp³-hybridized carbons (Fsp3) is 0.391. The highest BCUT2D eigenvalue weighted by molar-refractivity contribution is 5.59. The second-order valence-corrected chi connectivity index (χ2v) is 6.68. The summed E-state index contributed by atoms with van der Waals surface area (Å²) in [6, 6.07) is 10.1. The molecule has 2 aromatic carbocycles. The molecule has 0 N–H and O–H groups in total. The summed E-state index contributed by atoms with van der Waals surface area (Å²) >= 11 is 0. The number of halogens is 3. The van der Waals surface area contributed by atoms with Gasteiger partial charge in [0.2, 0.25) is 0 Å². The lowest BCUT2D eigenvalue weighted by atomic mass is 9.99. The second-order valence-electron chi connectivity index (χ2n) is 6.68. The van der Waals surface area contributed by atoms with Crippen LogP contribution in [0.1, 0.15) is 61.8 Å². The van der Waals surface area contributed by atoms with Gasteiger partial charge < -0.3 is 0 Å². The maximum absolute atomic E-state index is 14.2. The van der Waals surface area contributed by atoms with Crippen molar-refractivity contribution in [2.24, 2.45) is 0 Å². The lowest BCUT2D eigenvalue weighted by Gasteiger charge is -2.08. The molecule has 0 unspecified atom stereocenters. The van der Waals surface area contributed by atoms with Crippen molar-refractivity contribution in [1.82, 2.24) is 0 Å². The van der Waals surface area contributed by atoms with Crippen LogP contribution in [0.3, 0.4) is 0 Å². The maximum atomic E-state index is 14.2. The summed E-state index contributed by atoms with van der Waals surface area (Å²) in [7, 11) is 0. The number of allylic oxidation sites excluding steroid dienone is 1. The first kappa shape index (κ1) is 20.3. The van der Waals surface area contributed by atoms with Crippen LogP contribution in [-0.2, 0) is 19.3 Å². The Hall–Kier alpha value is -2.03. The van der Waals surface area contributed by atoms with Gasteiger partial charge in [-0.15, -0.1) is 0 Å². The van der Waals surface area contributed by atoms with Crippen LogP contribution in [0.25, 0.3) is 5.83 Å². The Bertz CT molecular complexity index is 724. The number of rotatable bonds is 9. The third-order valence-electron chi connectivity index (χ3n) is 4.49. The second kappa shape index (κ2) is 10.2. The van der Waals surface area contributed by atoms with Gasteiger partial charge in [0.05, 0.1) is 0 Å². The fourth-order valence-corrected chi connectivity index (χ4v) is 3.00. The van der Waals surface area contributed by atoms with Crippen LogP contribution in [0.5, 0.6) is 0 Å². The Morgan fingerprint density at radius 3 is 2.23 bits per heavy atom. The third-order valence-corrected chi connectivity index (χ3v) is 4.49. The van der Waals surface area contributed by atoms with E-state index in [1.54, 1.807) is 12.1 Å². The fourth-order valence-electron chi connectivity index (χ4n) is 3.00. The third kappa shape index (κ3) is 5.76. The van der Waals surface area contributed by atoms with Crippen molar-refractivity contribution < 1.29 is 13.2 Å². The van der Waals surface area contributed by atoms with E-state index in [9.17, 15) is 13.2 Å². The molecule has 0 atom stereocenters.